The standard InChI is InChI=1S/C21H30N4O4S/c1-13(2)9-10-25-16-8-6-4-3-5-7-14(16)11-15(20(25)29)19(28)24-21(30)23-17(22)12-18(26)27/h11,13H,3-10,12H2,1-2H3,(H,26,27)(H3,22,23,24,28,30). The number of amidine groups is 1. The highest BCUT2D eigenvalue weighted by atomic mass is 32.1. The monoisotopic (exact) mass is 434 g/mol. The lowest BCUT2D eigenvalue weighted by atomic mass is 9.95. The van der Waals surface area contributed by atoms with E-state index in [1.165, 1.54) is 0 Å². The van der Waals surface area contributed by atoms with E-state index in [0.717, 1.165) is 56.2 Å². The molecular weight excluding hydrogens is 404 g/mol. The molecule has 0 saturated carbocycles. The topological polar surface area (TPSA) is 127 Å². The van der Waals surface area contributed by atoms with Crippen molar-refractivity contribution >= 4 is 35.0 Å². The van der Waals surface area contributed by atoms with Crippen LogP contribution in [0.25, 0.3) is 0 Å². The first-order chi connectivity index (χ1) is 14.2. The number of fused-ring (bicyclic) bond motifs is 1. The molecule has 1 aromatic rings. The van der Waals surface area contributed by atoms with E-state index in [9.17, 15) is 14.4 Å². The molecule has 1 amide bonds. The molecule has 1 aliphatic rings. The highest BCUT2D eigenvalue weighted by Crippen LogP contribution is 2.21. The van der Waals surface area contributed by atoms with Gasteiger partial charge < -0.3 is 15.4 Å². The van der Waals surface area contributed by atoms with Crippen molar-refractivity contribution in [2.24, 2.45) is 16.6 Å². The number of hydrogen-bond donors (Lipinski definition) is 3. The van der Waals surface area contributed by atoms with Gasteiger partial charge in [-0.3, -0.25) is 19.7 Å². The summed E-state index contributed by atoms with van der Waals surface area (Å²) in [5.74, 6) is -1.60. The van der Waals surface area contributed by atoms with Gasteiger partial charge in [0, 0.05) is 12.2 Å². The summed E-state index contributed by atoms with van der Waals surface area (Å²) in [4.78, 5) is 40.3. The van der Waals surface area contributed by atoms with Crippen LogP contribution in [0.15, 0.2) is 15.9 Å². The van der Waals surface area contributed by atoms with E-state index in [4.69, 9.17) is 23.1 Å². The van der Waals surface area contributed by atoms with Crippen molar-refractivity contribution in [2.45, 2.75) is 71.8 Å². The summed E-state index contributed by atoms with van der Waals surface area (Å²) in [5, 5.41) is 10.9. The molecule has 9 heteroatoms. The van der Waals surface area contributed by atoms with Crippen LogP contribution in [-0.2, 0) is 24.2 Å². The van der Waals surface area contributed by atoms with Crippen molar-refractivity contribution in [3.63, 3.8) is 0 Å². The number of hydrogen-bond acceptors (Lipinski definition) is 4. The van der Waals surface area contributed by atoms with Gasteiger partial charge in [0.15, 0.2) is 0 Å². The third-order valence-corrected chi connectivity index (χ3v) is 5.27. The SMILES string of the molecule is CC(C)CCn1c2c(cc(C(=O)NC(=S)N=C(N)CC(=O)O)c1=O)CCCCCC2. The predicted octanol–water partition coefficient (Wildman–Crippen LogP) is 2.40. The molecule has 1 heterocycles. The average molecular weight is 435 g/mol. The lowest BCUT2D eigenvalue weighted by Crippen LogP contribution is -2.37. The maximum Gasteiger partial charge on any atom is 0.310 e. The van der Waals surface area contributed by atoms with E-state index >= 15 is 0 Å². The number of carboxylic acids is 1. The summed E-state index contributed by atoms with van der Waals surface area (Å²) in [6.45, 7) is 4.76. The number of thiocarbonyl (C=S) groups is 1. The van der Waals surface area contributed by atoms with Gasteiger partial charge in [0.1, 0.15) is 17.8 Å². The van der Waals surface area contributed by atoms with Crippen molar-refractivity contribution in [1.82, 2.24) is 9.88 Å². The second kappa shape index (κ2) is 11.0. The Morgan fingerprint density at radius 2 is 1.93 bits per heavy atom. The molecule has 0 spiro atoms. The summed E-state index contributed by atoms with van der Waals surface area (Å²) < 4.78 is 1.75. The van der Waals surface area contributed by atoms with Crippen LogP contribution in [0, 0.1) is 5.92 Å². The molecule has 0 fully saturated rings. The number of carbonyl (C=O) groups excluding carboxylic acids is 1. The molecular formula is C21H30N4O4S. The summed E-state index contributed by atoms with van der Waals surface area (Å²) >= 11 is 4.98. The van der Waals surface area contributed by atoms with Gasteiger partial charge >= 0.3 is 5.97 Å². The Kier molecular flexibility index (Phi) is 8.71. The van der Waals surface area contributed by atoms with Crippen LogP contribution in [0.5, 0.6) is 0 Å². The molecule has 0 unspecified atom stereocenters. The maximum absolute atomic E-state index is 13.2. The van der Waals surface area contributed by atoms with Crippen LogP contribution >= 0.6 is 12.2 Å². The molecule has 30 heavy (non-hydrogen) atoms. The number of rotatable bonds is 6. The lowest BCUT2D eigenvalue weighted by Gasteiger charge is -2.21. The highest BCUT2D eigenvalue weighted by Gasteiger charge is 2.21. The van der Waals surface area contributed by atoms with Crippen molar-refractivity contribution in [3.8, 4) is 0 Å². The van der Waals surface area contributed by atoms with Crippen molar-refractivity contribution < 1.29 is 14.7 Å². The minimum atomic E-state index is -1.15. The van der Waals surface area contributed by atoms with Crippen LogP contribution in [0.2, 0.25) is 0 Å². The number of aliphatic imine (C=N–C) groups is 1. The molecule has 1 aliphatic carbocycles. The van der Waals surface area contributed by atoms with Crippen molar-refractivity contribution in [1.29, 1.82) is 0 Å². The van der Waals surface area contributed by atoms with Crippen LogP contribution in [0.1, 0.15) is 74.0 Å². The minimum absolute atomic E-state index is 0.0208. The van der Waals surface area contributed by atoms with E-state index in [1.54, 1.807) is 10.6 Å². The van der Waals surface area contributed by atoms with E-state index in [-0.39, 0.29) is 22.1 Å². The molecule has 2 rings (SSSR count). The average Bonchev–Trinajstić information content (AvgIpc) is 2.60. The second-order valence-corrected chi connectivity index (χ2v) is 8.40. The zero-order chi connectivity index (χ0) is 22.3. The van der Waals surface area contributed by atoms with Crippen LogP contribution in [-0.4, -0.2) is 32.5 Å². The number of pyridine rings is 1. The molecule has 1 aromatic heterocycles. The number of amides is 1. The zero-order valence-corrected chi connectivity index (χ0v) is 18.4. The largest absolute Gasteiger partial charge is 0.481 e. The van der Waals surface area contributed by atoms with Crippen LogP contribution in [0.4, 0.5) is 0 Å². The Balaban J connectivity index is 2.36. The van der Waals surface area contributed by atoms with Gasteiger partial charge in [0.25, 0.3) is 11.5 Å². The van der Waals surface area contributed by atoms with E-state index in [1.807, 2.05) is 0 Å². The molecule has 0 aliphatic heterocycles. The molecule has 4 N–H and O–H groups in total. The molecule has 0 saturated heterocycles. The third-order valence-electron chi connectivity index (χ3n) is 5.07. The number of nitrogens with two attached hydrogens (primary N) is 1. The Morgan fingerprint density at radius 1 is 1.27 bits per heavy atom. The van der Waals surface area contributed by atoms with Gasteiger partial charge in [0.05, 0.1) is 0 Å². The number of carboxylic acid groups (broad SMARTS) is 1. The number of nitrogens with zero attached hydrogens (tertiary/aromatic N) is 2. The fourth-order valence-electron chi connectivity index (χ4n) is 3.54. The first-order valence-electron chi connectivity index (χ1n) is 10.3. The quantitative estimate of drug-likeness (QED) is 0.358. The predicted molar refractivity (Wildman–Crippen MR) is 120 cm³/mol. The van der Waals surface area contributed by atoms with E-state index < -0.39 is 18.3 Å². The van der Waals surface area contributed by atoms with Crippen molar-refractivity contribution in [3.05, 3.63) is 33.2 Å². The van der Waals surface area contributed by atoms with Gasteiger partial charge in [-0.25, -0.2) is 4.99 Å². The van der Waals surface area contributed by atoms with E-state index in [0.29, 0.717) is 12.5 Å². The smallest absolute Gasteiger partial charge is 0.310 e. The number of aliphatic carboxylic acids is 1. The first kappa shape index (κ1) is 23.7. The van der Waals surface area contributed by atoms with Gasteiger partial charge in [-0.1, -0.05) is 26.7 Å². The molecule has 0 radical (unpaired) electrons. The number of carbonyl (C=O) groups is 2. The van der Waals surface area contributed by atoms with Gasteiger partial charge in [-0.15, -0.1) is 0 Å². The number of aromatic nitrogens is 1. The van der Waals surface area contributed by atoms with Gasteiger partial charge in [-0.05, 0) is 61.9 Å². The summed E-state index contributed by atoms with van der Waals surface area (Å²) in [5.41, 5.74) is 7.25. The third kappa shape index (κ3) is 6.76. The van der Waals surface area contributed by atoms with Crippen LogP contribution in [0.3, 0.4) is 0 Å². The Morgan fingerprint density at radius 3 is 2.57 bits per heavy atom. The fourth-order valence-corrected chi connectivity index (χ4v) is 3.75. The van der Waals surface area contributed by atoms with Gasteiger partial charge in [0.2, 0.25) is 5.11 Å². The summed E-state index contributed by atoms with van der Waals surface area (Å²) in [6, 6.07) is 1.68. The molecule has 0 atom stereocenters. The van der Waals surface area contributed by atoms with Crippen molar-refractivity contribution in [2.75, 3.05) is 0 Å². The molecule has 8 nitrogen and oxygen atoms in total. The lowest BCUT2D eigenvalue weighted by molar-refractivity contribution is -0.135. The van der Waals surface area contributed by atoms with Crippen LogP contribution < -0.4 is 16.6 Å². The zero-order valence-electron chi connectivity index (χ0n) is 17.6. The molecule has 164 valence electrons. The number of nitrogens with one attached hydrogen (secondary N) is 1. The Bertz CT molecular complexity index is 905. The number of aryl methyl sites for hydroxylation is 1. The summed E-state index contributed by atoms with van der Waals surface area (Å²) in [7, 11) is 0. The molecule has 0 bridgehead atoms. The Hall–Kier alpha value is -2.55. The first-order valence-corrected chi connectivity index (χ1v) is 10.8. The summed E-state index contributed by atoms with van der Waals surface area (Å²) in [6.07, 6.45) is 6.33. The fraction of sp³-hybridized carbons (Fsp3) is 0.571. The normalized spacial score (nSPS) is 14.6. The second-order valence-electron chi connectivity index (χ2n) is 8.02. The molecule has 0 aromatic carbocycles. The van der Waals surface area contributed by atoms with Gasteiger partial charge in [-0.2, -0.15) is 0 Å². The maximum atomic E-state index is 13.2. The minimum Gasteiger partial charge on any atom is -0.481 e. The van der Waals surface area contributed by atoms with E-state index in [2.05, 4.69) is 24.2 Å². The highest BCUT2D eigenvalue weighted by molar-refractivity contribution is 7.80. The Labute approximate surface area is 181 Å².